The number of allylic oxidation sites excluding steroid dienone is 1. The van der Waals surface area contributed by atoms with E-state index in [0.29, 0.717) is 5.92 Å². The van der Waals surface area contributed by atoms with Gasteiger partial charge < -0.3 is 15.3 Å². The largest absolute Gasteiger partial charge is 0.396 e. The normalized spacial score (nSPS) is 44.9. The molecule has 2 aliphatic rings. The SMILES string of the molecule is CC(=CCO)CCC1C(C)(O)CCC2C(C)(CO)CCCC12C. The van der Waals surface area contributed by atoms with E-state index in [-0.39, 0.29) is 30.0 Å². The Bertz CT molecular complexity index is 442. The Labute approximate surface area is 141 Å². The van der Waals surface area contributed by atoms with Crippen molar-refractivity contribution in [2.75, 3.05) is 13.2 Å². The minimum absolute atomic E-state index is 0.00225. The topological polar surface area (TPSA) is 60.7 Å². The second-order valence-corrected chi connectivity index (χ2v) is 8.94. The Morgan fingerprint density at radius 2 is 1.83 bits per heavy atom. The van der Waals surface area contributed by atoms with E-state index in [1.54, 1.807) is 0 Å². The Morgan fingerprint density at radius 3 is 2.43 bits per heavy atom. The second kappa shape index (κ2) is 6.85. The molecule has 3 N–H and O–H groups in total. The van der Waals surface area contributed by atoms with Crippen LogP contribution in [0.3, 0.4) is 0 Å². The maximum absolute atomic E-state index is 11.1. The first-order valence-electron chi connectivity index (χ1n) is 9.29. The van der Waals surface area contributed by atoms with Crippen molar-refractivity contribution >= 4 is 0 Å². The van der Waals surface area contributed by atoms with Crippen molar-refractivity contribution in [1.82, 2.24) is 0 Å². The molecule has 134 valence electrons. The molecule has 2 aliphatic carbocycles. The molecule has 0 aromatic heterocycles. The number of hydrogen-bond donors (Lipinski definition) is 3. The van der Waals surface area contributed by atoms with Crippen molar-refractivity contribution in [1.29, 1.82) is 0 Å². The van der Waals surface area contributed by atoms with E-state index in [4.69, 9.17) is 5.11 Å². The molecule has 0 aliphatic heterocycles. The zero-order valence-corrected chi connectivity index (χ0v) is 15.4. The summed E-state index contributed by atoms with van der Waals surface area (Å²) in [6, 6.07) is 0. The fourth-order valence-corrected chi connectivity index (χ4v) is 5.89. The quantitative estimate of drug-likeness (QED) is 0.676. The van der Waals surface area contributed by atoms with Crippen LogP contribution in [0, 0.1) is 22.7 Å². The molecule has 5 atom stereocenters. The number of hydrogen-bond acceptors (Lipinski definition) is 3. The number of fused-ring (bicyclic) bond motifs is 1. The first kappa shape index (κ1) is 19.0. The fourth-order valence-electron chi connectivity index (χ4n) is 5.89. The van der Waals surface area contributed by atoms with Crippen molar-refractivity contribution in [2.45, 2.75) is 78.2 Å². The Hall–Kier alpha value is -0.380. The second-order valence-electron chi connectivity index (χ2n) is 8.94. The molecule has 0 radical (unpaired) electrons. The van der Waals surface area contributed by atoms with Gasteiger partial charge in [-0.2, -0.15) is 0 Å². The zero-order chi connectivity index (χ0) is 17.3. The highest BCUT2D eigenvalue weighted by atomic mass is 16.3. The lowest BCUT2D eigenvalue weighted by atomic mass is 9.45. The molecular weight excluding hydrogens is 288 g/mol. The lowest BCUT2D eigenvalue weighted by Crippen LogP contribution is -2.58. The zero-order valence-electron chi connectivity index (χ0n) is 15.4. The van der Waals surface area contributed by atoms with Crippen LogP contribution < -0.4 is 0 Å². The molecular formula is C20H36O3. The summed E-state index contributed by atoms with van der Waals surface area (Å²) >= 11 is 0. The monoisotopic (exact) mass is 324 g/mol. The van der Waals surface area contributed by atoms with E-state index in [1.165, 1.54) is 5.57 Å². The molecule has 23 heavy (non-hydrogen) atoms. The van der Waals surface area contributed by atoms with Gasteiger partial charge in [0.1, 0.15) is 0 Å². The summed E-state index contributed by atoms with van der Waals surface area (Å²) in [5.41, 5.74) is 0.669. The third-order valence-electron chi connectivity index (χ3n) is 7.21. The molecule has 0 aromatic carbocycles. The summed E-state index contributed by atoms with van der Waals surface area (Å²) in [5, 5.41) is 30.2. The van der Waals surface area contributed by atoms with Crippen molar-refractivity contribution < 1.29 is 15.3 Å². The Balaban J connectivity index is 2.27. The highest BCUT2D eigenvalue weighted by Gasteiger charge is 2.58. The molecule has 5 unspecified atom stereocenters. The molecule has 2 rings (SSSR count). The smallest absolute Gasteiger partial charge is 0.0653 e. The molecule has 2 saturated carbocycles. The highest BCUT2D eigenvalue weighted by Crippen LogP contribution is 2.62. The predicted octanol–water partition coefficient (Wildman–Crippen LogP) is 3.67. The molecule has 0 amide bonds. The van der Waals surface area contributed by atoms with Crippen LogP contribution >= 0.6 is 0 Å². The van der Waals surface area contributed by atoms with Gasteiger partial charge in [-0.05, 0) is 75.0 Å². The van der Waals surface area contributed by atoms with Gasteiger partial charge in [-0.3, -0.25) is 0 Å². The van der Waals surface area contributed by atoms with Crippen LogP contribution in [0.25, 0.3) is 0 Å². The molecule has 0 heterocycles. The molecule has 0 bridgehead atoms. The van der Waals surface area contributed by atoms with Crippen LogP contribution in [0.5, 0.6) is 0 Å². The molecule has 2 fully saturated rings. The van der Waals surface area contributed by atoms with E-state index in [1.807, 2.05) is 13.0 Å². The molecule has 3 heteroatoms. The first-order chi connectivity index (χ1) is 10.7. The average molecular weight is 325 g/mol. The Morgan fingerprint density at radius 1 is 1.13 bits per heavy atom. The van der Waals surface area contributed by atoms with Crippen LogP contribution in [-0.4, -0.2) is 34.1 Å². The van der Waals surface area contributed by atoms with Crippen LogP contribution in [0.4, 0.5) is 0 Å². The van der Waals surface area contributed by atoms with Gasteiger partial charge in [-0.25, -0.2) is 0 Å². The number of aliphatic hydroxyl groups excluding tert-OH is 2. The van der Waals surface area contributed by atoms with E-state index in [2.05, 4.69) is 20.8 Å². The fraction of sp³-hybridized carbons (Fsp3) is 0.900. The lowest BCUT2D eigenvalue weighted by molar-refractivity contribution is -0.179. The van der Waals surface area contributed by atoms with Gasteiger partial charge in [-0.1, -0.05) is 31.9 Å². The average Bonchev–Trinajstić information content (AvgIpc) is 2.46. The van der Waals surface area contributed by atoms with Crippen molar-refractivity contribution in [3.8, 4) is 0 Å². The van der Waals surface area contributed by atoms with Gasteiger partial charge >= 0.3 is 0 Å². The van der Waals surface area contributed by atoms with Crippen LogP contribution in [-0.2, 0) is 0 Å². The van der Waals surface area contributed by atoms with Gasteiger partial charge in [0.2, 0.25) is 0 Å². The van der Waals surface area contributed by atoms with Gasteiger partial charge in [-0.15, -0.1) is 0 Å². The van der Waals surface area contributed by atoms with Crippen molar-refractivity contribution in [3.63, 3.8) is 0 Å². The van der Waals surface area contributed by atoms with Crippen LogP contribution in [0.1, 0.15) is 72.6 Å². The summed E-state index contributed by atoms with van der Waals surface area (Å²) < 4.78 is 0. The van der Waals surface area contributed by atoms with Crippen LogP contribution in [0.15, 0.2) is 11.6 Å². The number of aliphatic hydroxyl groups is 3. The summed E-state index contributed by atoms with van der Waals surface area (Å²) in [5.74, 6) is 0.739. The highest BCUT2D eigenvalue weighted by molar-refractivity contribution is 5.09. The van der Waals surface area contributed by atoms with Gasteiger partial charge in [0.25, 0.3) is 0 Å². The van der Waals surface area contributed by atoms with Gasteiger partial charge in [0, 0.05) is 6.61 Å². The maximum atomic E-state index is 11.1. The van der Waals surface area contributed by atoms with Crippen molar-refractivity contribution in [3.05, 3.63) is 11.6 Å². The third-order valence-corrected chi connectivity index (χ3v) is 7.21. The van der Waals surface area contributed by atoms with E-state index in [0.717, 1.165) is 44.9 Å². The molecule has 0 saturated heterocycles. The minimum atomic E-state index is -0.627. The molecule has 0 aromatic rings. The molecule has 0 spiro atoms. The standard InChI is InChI=1S/C20H36O3/c1-15(9-13-21)6-7-17-19(3)11-5-10-18(2,14-22)16(19)8-12-20(17,4)23/h9,16-17,21-23H,5-8,10-14H2,1-4H3. The maximum Gasteiger partial charge on any atom is 0.0653 e. The number of rotatable bonds is 5. The summed E-state index contributed by atoms with van der Waals surface area (Å²) in [7, 11) is 0. The lowest BCUT2D eigenvalue weighted by Gasteiger charge is -2.61. The first-order valence-corrected chi connectivity index (χ1v) is 9.29. The van der Waals surface area contributed by atoms with Crippen LogP contribution in [0.2, 0.25) is 0 Å². The van der Waals surface area contributed by atoms with Gasteiger partial charge in [0.15, 0.2) is 0 Å². The summed E-state index contributed by atoms with van der Waals surface area (Å²) in [6.07, 6.45) is 9.00. The van der Waals surface area contributed by atoms with Crippen molar-refractivity contribution in [2.24, 2.45) is 22.7 Å². The Kier molecular flexibility index (Phi) is 5.65. The predicted molar refractivity (Wildman–Crippen MR) is 94.1 cm³/mol. The van der Waals surface area contributed by atoms with E-state index in [9.17, 15) is 10.2 Å². The third kappa shape index (κ3) is 3.52. The minimum Gasteiger partial charge on any atom is -0.396 e. The van der Waals surface area contributed by atoms with Gasteiger partial charge in [0.05, 0.1) is 12.2 Å². The van der Waals surface area contributed by atoms with E-state index < -0.39 is 5.60 Å². The van der Waals surface area contributed by atoms with E-state index >= 15 is 0 Å². The molecule has 3 nitrogen and oxygen atoms in total. The summed E-state index contributed by atoms with van der Waals surface area (Å²) in [4.78, 5) is 0. The summed E-state index contributed by atoms with van der Waals surface area (Å²) in [6.45, 7) is 9.01.